The Labute approximate surface area is 296 Å². The summed E-state index contributed by atoms with van der Waals surface area (Å²) in [5.74, 6) is 0.321. The lowest BCUT2D eigenvalue weighted by molar-refractivity contribution is 0.543. The molecule has 3 heteroatoms. The van der Waals surface area contributed by atoms with Gasteiger partial charge in [-0.15, -0.1) is 0 Å². The fourth-order valence-electron chi connectivity index (χ4n) is 8.11. The monoisotopic (exact) mass is 647 g/mol. The topological polar surface area (TPSA) is 30.3 Å². The van der Waals surface area contributed by atoms with Crippen LogP contribution in [0.4, 0.5) is 17.1 Å². The summed E-state index contributed by atoms with van der Waals surface area (Å²) >= 11 is 0. The van der Waals surface area contributed by atoms with Gasteiger partial charge in [-0.2, -0.15) is 0 Å². The zero-order valence-corrected chi connectivity index (χ0v) is 28.6. The molecule has 244 valence electrons. The van der Waals surface area contributed by atoms with Crippen molar-refractivity contribution >= 4 is 29.0 Å². The Morgan fingerprint density at radius 2 is 1.36 bits per heavy atom. The second kappa shape index (κ2) is 13.2. The van der Waals surface area contributed by atoms with Crippen LogP contribution in [0.3, 0.4) is 0 Å². The van der Waals surface area contributed by atoms with Gasteiger partial charge < -0.3 is 15.2 Å². The molecule has 1 N–H and O–H groups in total. The van der Waals surface area contributed by atoms with Crippen LogP contribution in [0, 0.1) is 11.3 Å². The molecule has 3 aliphatic rings. The van der Waals surface area contributed by atoms with Crippen molar-refractivity contribution in [1.29, 1.82) is 5.41 Å². The number of nitrogens with zero attached hydrogens (tertiary/aromatic N) is 2. The van der Waals surface area contributed by atoms with Crippen molar-refractivity contribution in [1.82, 2.24) is 0 Å². The van der Waals surface area contributed by atoms with Gasteiger partial charge in [-0.05, 0) is 89.7 Å². The zero-order chi connectivity index (χ0) is 34.1. The van der Waals surface area contributed by atoms with E-state index in [0.29, 0.717) is 5.92 Å². The quantitative estimate of drug-likeness (QED) is 0.127. The summed E-state index contributed by atoms with van der Waals surface area (Å²) in [7, 11) is 0. The van der Waals surface area contributed by atoms with E-state index in [1.54, 1.807) is 0 Å². The van der Waals surface area contributed by atoms with Gasteiger partial charge in [0.1, 0.15) is 0 Å². The molecule has 5 aromatic rings. The number of benzene rings is 5. The smallest absolute Gasteiger partial charge is 0.0541 e. The third-order valence-corrected chi connectivity index (χ3v) is 10.4. The van der Waals surface area contributed by atoms with E-state index in [-0.39, 0.29) is 5.41 Å². The van der Waals surface area contributed by atoms with Gasteiger partial charge in [0.2, 0.25) is 0 Å². The molecule has 0 bridgehead atoms. The molecule has 0 spiro atoms. The van der Waals surface area contributed by atoms with Crippen LogP contribution >= 0.6 is 0 Å². The molecule has 0 amide bonds. The van der Waals surface area contributed by atoms with Crippen molar-refractivity contribution in [2.45, 2.75) is 32.1 Å². The van der Waals surface area contributed by atoms with Gasteiger partial charge in [0.25, 0.3) is 0 Å². The standard InChI is InChI=1S/C47H41N3/c1-47(2)43-24-13-12-23-41(43)46-45(47)42-33-34(25-30-44(42)50(46)38-20-10-5-11-21-38)15-14-22-39(31-32-48)49(37-18-8-4-9-19-37)40-28-26-36(27-29-40)35-16-6-3-7-17-35/h3-14,16-32,42,48H,15,33H2,1-2H3/b22-14-,39-31+,48-32?. The summed E-state index contributed by atoms with van der Waals surface area (Å²) in [4.78, 5) is 4.75. The maximum atomic E-state index is 8.07. The first-order valence-electron chi connectivity index (χ1n) is 17.5. The molecule has 0 saturated carbocycles. The Morgan fingerprint density at radius 1 is 0.740 bits per heavy atom. The highest BCUT2D eigenvalue weighted by atomic mass is 15.2. The fraction of sp³-hybridized carbons (Fsp3) is 0.128. The molecule has 8 rings (SSSR count). The average Bonchev–Trinajstić information content (AvgIpc) is 3.63. The molecular formula is C47H41N3. The molecule has 1 atom stereocenters. The maximum Gasteiger partial charge on any atom is 0.0541 e. The molecule has 0 saturated heterocycles. The van der Waals surface area contributed by atoms with Crippen LogP contribution in [0.2, 0.25) is 0 Å². The van der Waals surface area contributed by atoms with E-state index in [0.717, 1.165) is 29.9 Å². The van der Waals surface area contributed by atoms with Crippen LogP contribution in [0.25, 0.3) is 16.8 Å². The molecule has 0 aromatic heterocycles. The van der Waals surface area contributed by atoms with Gasteiger partial charge in [-0.1, -0.05) is 135 Å². The number of nitrogens with one attached hydrogen (secondary N) is 1. The van der Waals surface area contributed by atoms with E-state index < -0.39 is 0 Å². The first-order chi connectivity index (χ1) is 24.5. The third kappa shape index (κ3) is 5.55. The molecule has 2 aliphatic carbocycles. The van der Waals surface area contributed by atoms with Crippen molar-refractivity contribution in [2.75, 3.05) is 9.80 Å². The summed E-state index contributed by atoms with van der Waals surface area (Å²) in [5.41, 5.74) is 15.0. The summed E-state index contributed by atoms with van der Waals surface area (Å²) in [6.07, 6.45) is 14.2. The second-order valence-electron chi connectivity index (χ2n) is 13.7. The highest BCUT2D eigenvalue weighted by molar-refractivity contribution is 5.95. The molecule has 5 aromatic carbocycles. The van der Waals surface area contributed by atoms with Gasteiger partial charge in [0, 0.05) is 51.6 Å². The number of para-hydroxylation sites is 2. The van der Waals surface area contributed by atoms with Gasteiger partial charge in [0.05, 0.1) is 5.70 Å². The third-order valence-electron chi connectivity index (χ3n) is 10.4. The number of hydrogen-bond donors (Lipinski definition) is 1. The lowest BCUT2D eigenvalue weighted by atomic mass is 9.73. The molecule has 3 nitrogen and oxygen atoms in total. The molecule has 1 aliphatic heterocycles. The first kappa shape index (κ1) is 31.3. The number of fused-ring (bicyclic) bond motifs is 4. The van der Waals surface area contributed by atoms with Gasteiger partial charge >= 0.3 is 0 Å². The Morgan fingerprint density at radius 3 is 2.08 bits per heavy atom. The van der Waals surface area contributed by atoms with E-state index in [2.05, 4.69) is 175 Å². The number of rotatable bonds is 9. The van der Waals surface area contributed by atoms with E-state index in [4.69, 9.17) is 5.41 Å². The van der Waals surface area contributed by atoms with Crippen LogP contribution in [-0.2, 0) is 5.41 Å². The molecule has 0 radical (unpaired) electrons. The molecule has 0 fully saturated rings. The fourth-order valence-corrected chi connectivity index (χ4v) is 8.11. The van der Waals surface area contributed by atoms with E-state index in [1.807, 2.05) is 18.2 Å². The minimum absolute atomic E-state index is 0.0520. The van der Waals surface area contributed by atoms with Gasteiger partial charge in [0.15, 0.2) is 0 Å². The number of anilines is 3. The summed E-state index contributed by atoms with van der Waals surface area (Å²) in [6.45, 7) is 4.80. The highest BCUT2D eigenvalue weighted by Crippen LogP contribution is 2.60. The number of allylic oxidation sites excluding steroid dienone is 7. The van der Waals surface area contributed by atoms with Crippen molar-refractivity contribution < 1.29 is 0 Å². The minimum Gasteiger partial charge on any atom is -0.313 e. The van der Waals surface area contributed by atoms with Crippen LogP contribution in [0.5, 0.6) is 0 Å². The zero-order valence-electron chi connectivity index (χ0n) is 28.6. The van der Waals surface area contributed by atoms with Crippen LogP contribution in [0.15, 0.2) is 192 Å². The normalized spacial score (nSPS) is 17.6. The summed E-state index contributed by atoms with van der Waals surface area (Å²) in [6, 6.07) is 49.4. The highest BCUT2D eigenvalue weighted by Gasteiger charge is 2.50. The van der Waals surface area contributed by atoms with Crippen molar-refractivity contribution in [3.63, 3.8) is 0 Å². The van der Waals surface area contributed by atoms with Crippen LogP contribution < -0.4 is 9.80 Å². The number of hydrogen-bond acceptors (Lipinski definition) is 3. The SMILES string of the molecule is CC1(C)C2=C(c3ccccc31)N(c1ccccc1)C1=CC=C(C/C=C\C(=C/C=N)N(c3ccccc3)c3ccc(-c4ccccc4)cc3)CC12. The minimum atomic E-state index is -0.0520. The van der Waals surface area contributed by atoms with Crippen LogP contribution in [-0.4, -0.2) is 6.21 Å². The van der Waals surface area contributed by atoms with E-state index in [1.165, 1.54) is 56.7 Å². The molecular weight excluding hydrogens is 607 g/mol. The molecule has 50 heavy (non-hydrogen) atoms. The first-order valence-corrected chi connectivity index (χ1v) is 17.5. The average molecular weight is 648 g/mol. The van der Waals surface area contributed by atoms with Crippen molar-refractivity contribution in [3.8, 4) is 11.1 Å². The Hall–Kier alpha value is -5.93. The Bertz CT molecular complexity index is 2180. The molecule has 1 heterocycles. The lowest BCUT2D eigenvalue weighted by Crippen LogP contribution is -2.26. The predicted octanol–water partition coefficient (Wildman–Crippen LogP) is 12.0. The van der Waals surface area contributed by atoms with E-state index in [9.17, 15) is 0 Å². The van der Waals surface area contributed by atoms with Crippen LogP contribution in [0.1, 0.15) is 37.8 Å². The Kier molecular flexibility index (Phi) is 8.26. The predicted molar refractivity (Wildman–Crippen MR) is 211 cm³/mol. The maximum absolute atomic E-state index is 8.07. The van der Waals surface area contributed by atoms with Gasteiger partial charge in [-0.3, -0.25) is 0 Å². The van der Waals surface area contributed by atoms with Gasteiger partial charge in [-0.25, -0.2) is 0 Å². The second-order valence-corrected chi connectivity index (χ2v) is 13.7. The van der Waals surface area contributed by atoms with Crippen molar-refractivity contribution in [3.05, 3.63) is 204 Å². The largest absolute Gasteiger partial charge is 0.313 e. The van der Waals surface area contributed by atoms with E-state index >= 15 is 0 Å². The van der Waals surface area contributed by atoms with Crippen molar-refractivity contribution in [2.24, 2.45) is 5.92 Å². The summed E-state index contributed by atoms with van der Waals surface area (Å²) < 4.78 is 0. The lowest BCUT2D eigenvalue weighted by Gasteiger charge is -2.33. The summed E-state index contributed by atoms with van der Waals surface area (Å²) in [5, 5.41) is 8.07. The molecule has 1 unspecified atom stereocenters. The Balaban J connectivity index is 1.10.